The summed E-state index contributed by atoms with van der Waals surface area (Å²) in [6, 6.07) is 19.7. The van der Waals surface area contributed by atoms with Crippen LogP contribution in [0, 0.1) is 18.3 Å². The highest BCUT2D eigenvalue weighted by molar-refractivity contribution is 5.70. The standard InChI is InChI=1S/C27H27N5O/c1-4-5-10-25-24(27(33)32(19(2)30-25)26-15-16-29-31(26)3)17-20-11-13-21(14-12-20)23-9-7-6-8-22(23)18-28/h6-9,11-16H,4-5,10,17H2,1-3H3. The van der Waals surface area contributed by atoms with Crippen LogP contribution in [0.3, 0.4) is 0 Å². The van der Waals surface area contributed by atoms with Gasteiger partial charge in [-0.15, -0.1) is 0 Å². The Balaban J connectivity index is 1.74. The second-order valence-corrected chi connectivity index (χ2v) is 8.17. The van der Waals surface area contributed by atoms with Gasteiger partial charge in [-0.05, 0) is 42.5 Å². The van der Waals surface area contributed by atoms with Gasteiger partial charge in [-0.1, -0.05) is 55.8 Å². The predicted octanol–water partition coefficient (Wildman–Crippen LogP) is 4.75. The molecule has 0 radical (unpaired) electrons. The van der Waals surface area contributed by atoms with Crippen molar-refractivity contribution in [2.24, 2.45) is 7.05 Å². The first kappa shape index (κ1) is 22.2. The topological polar surface area (TPSA) is 76.5 Å². The number of unbranched alkanes of at least 4 members (excludes halogenated alkanes) is 1. The molecule has 6 nitrogen and oxygen atoms in total. The lowest BCUT2D eigenvalue weighted by Gasteiger charge is -2.15. The highest BCUT2D eigenvalue weighted by Gasteiger charge is 2.18. The number of rotatable bonds is 7. The lowest BCUT2D eigenvalue weighted by atomic mass is 9.97. The highest BCUT2D eigenvalue weighted by Crippen LogP contribution is 2.24. The van der Waals surface area contributed by atoms with E-state index in [4.69, 9.17) is 4.98 Å². The zero-order chi connectivity index (χ0) is 23.4. The van der Waals surface area contributed by atoms with E-state index in [9.17, 15) is 10.1 Å². The van der Waals surface area contributed by atoms with Crippen LogP contribution in [-0.2, 0) is 19.9 Å². The minimum atomic E-state index is -0.0453. The first-order chi connectivity index (χ1) is 16.0. The van der Waals surface area contributed by atoms with E-state index in [2.05, 4.69) is 18.1 Å². The number of aryl methyl sites for hydroxylation is 3. The molecule has 0 aliphatic heterocycles. The molecule has 0 N–H and O–H groups in total. The van der Waals surface area contributed by atoms with Crippen LogP contribution in [0.2, 0.25) is 0 Å². The molecule has 0 unspecified atom stereocenters. The van der Waals surface area contributed by atoms with Crippen LogP contribution in [0.1, 0.15) is 48.0 Å². The Morgan fingerprint density at radius 2 is 1.82 bits per heavy atom. The van der Waals surface area contributed by atoms with Crippen molar-refractivity contribution in [2.45, 2.75) is 39.5 Å². The Hall–Kier alpha value is -3.98. The second kappa shape index (κ2) is 9.66. The summed E-state index contributed by atoms with van der Waals surface area (Å²) in [7, 11) is 1.82. The van der Waals surface area contributed by atoms with Crippen LogP contribution in [-0.4, -0.2) is 19.3 Å². The number of benzene rings is 2. The van der Waals surface area contributed by atoms with Crippen LogP contribution >= 0.6 is 0 Å². The van der Waals surface area contributed by atoms with Gasteiger partial charge in [0.1, 0.15) is 11.6 Å². The van der Waals surface area contributed by atoms with Gasteiger partial charge in [-0.3, -0.25) is 9.48 Å². The second-order valence-electron chi connectivity index (χ2n) is 8.17. The summed E-state index contributed by atoms with van der Waals surface area (Å²) in [5, 5.41) is 13.6. The van der Waals surface area contributed by atoms with Crippen LogP contribution in [0.4, 0.5) is 0 Å². The molecule has 0 atom stereocenters. The van der Waals surface area contributed by atoms with E-state index in [0.29, 0.717) is 23.6 Å². The number of hydrogen-bond donors (Lipinski definition) is 0. The maximum Gasteiger partial charge on any atom is 0.263 e. The highest BCUT2D eigenvalue weighted by atomic mass is 16.1. The van der Waals surface area contributed by atoms with Crippen molar-refractivity contribution in [1.82, 2.24) is 19.3 Å². The molecule has 0 aliphatic rings. The van der Waals surface area contributed by atoms with E-state index in [1.807, 2.05) is 68.6 Å². The van der Waals surface area contributed by atoms with E-state index in [1.165, 1.54) is 0 Å². The fraction of sp³-hybridized carbons (Fsp3) is 0.259. The summed E-state index contributed by atoms with van der Waals surface area (Å²) in [4.78, 5) is 18.5. The summed E-state index contributed by atoms with van der Waals surface area (Å²) in [5.74, 6) is 1.37. The fourth-order valence-electron chi connectivity index (χ4n) is 4.14. The van der Waals surface area contributed by atoms with Crippen molar-refractivity contribution >= 4 is 0 Å². The Morgan fingerprint density at radius 1 is 1.06 bits per heavy atom. The lowest BCUT2D eigenvalue weighted by Crippen LogP contribution is -2.29. The van der Waals surface area contributed by atoms with E-state index in [1.54, 1.807) is 15.4 Å². The Morgan fingerprint density at radius 3 is 2.48 bits per heavy atom. The average Bonchev–Trinajstić information content (AvgIpc) is 3.25. The molecule has 4 aromatic rings. The van der Waals surface area contributed by atoms with Gasteiger partial charge in [-0.2, -0.15) is 10.4 Å². The third-order valence-electron chi connectivity index (χ3n) is 5.91. The molecule has 2 heterocycles. The maximum absolute atomic E-state index is 13.6. The van der Waals surface area contributed by atoms with E-state index in [0.717, 1.165) is 47.2 Å². The maximum atomic E-state index is 13.6. The summed E-state index contributed by atoms with van der Waals surface area (Å²) < 4.78 is 3.34. The molecule has 2 aromatic carbocycles. The Kier molecular flexibility index (Phi) is 6.50. The molecule has 0 bridgehead atoms. The van der Waals surface area contributed by atoms with Crippen molar-refractivity contribution in [2.75, 3.05) is 0 Å². The van der Waals surface area contributed by atoms with E-state index >= 15 is 0 Å². The molecule has 0 amide bonds. The molecule has 6 heteroatoms. The van der Waals surface area contributed by atoms with Gasteiger partial charge in [0.05, 0.1) is 23.5 Å². The molecule has 0 saturated carbocycles. The van der Waals surface area contributed by atoms with Gasteiger partial charge >= 0.3 is 0 Å². The molecular weight excluding hydrogens is 410 g/mol. The zero-order valence-electron chi connectivity index (χ0n) is 19.2. The van der Waals surface area contributed by atoms with Gasteiger partial charge in [-0.25, -0.2) is 9.55 Å². The summed E-state index contributed by atoms with van der Waals surface area (Å²) in [6.45, 7) is 4.01. The number of hydrogen-bond acceptors (Lipinski definition) is 4. The Bertz CT molecular complexity index is 1370. The SMILES string of the molecule is CCCCc1nc(C)n(-c2ccnn2C)c(=O)c1Cc1ccc(-c2ccccc2C#N)cc1. The van der Waals surface area contributed by atoms with Gasteiger partial charge in [0.2, 0.25) is 0 Å². The summed E-state index contributed by atoms with van der Waals surface area (Å²) in [6.07, 6.45) is 4.99. The van der Waals surface area contributed by atoms with Crippen LogP contribution in [0.25, 0.3) is 16.9 Å². The molecule has 4 rings (SSSR count). The number of aromatic nitrogens is 4. The first-order valence-corrected chi connectivity index (χ1v) is 11.2. The third kappa shape index (κ3) is 4.49. The predicted molar refractivity (Wildman–Crippen MR) is 129 cm³/mol. The van der Waals surface area contributed by atoms with E-state index in [-0.39, 0.29) is 5.56 Å². The fourth-order valence-corrected chi connectivity index (χ4v) is 4.14. The van der Waals surface area contributed by atoms with Crippen molar-refractivity contribution in [3.05, 3.63) is 99.4 Å². The molecule has 0 saturated heterocycles. The van der Waals surface area contributed by atoms with Gasteiger partial charge in [0, 0.05) is 25.1 Å². The molecule has 0 fully saturated rings. The van der Waals surface area contributed by atoms with E-state index < -0.39 is 0 Å². The van der Waals surface area contributed by atoms with Gasteiger partial charge in [0.25, 0.3) is 5.56 Å². The average molecular weight is 438 g/mol. The van der Waals surface area contributed by atoms with Crippen LogP contribution < -0.4 is 5.56 Å². The molecule has 33 heavy (non-hydrogen) atoms. The smallest absolute Gasteiger partial charge is 0.263 e. The third-order valence-corrected chi connectivity index (χ3v) is 5.91. The van der Waals surface area contributed by atoms with Crippen molar-refractivity contribution < 1.29 is 0 Å². The van der Waals surface area contributed by atoms with Crippen LogP contribution in [0.5, 0.6) is 0 Å². The van der Waals surface area contributed by atoms with Crippen molar-refractivity contribution in [3.8, 4) is 23.0 Å². The minimum Gasteiger partial charge on any atom is -0.268 e. The summed E-state index contributed by atoms with van der Waals surface area (Å²) in [5.41, 5.74) is 5.12. The lowest BCUT2D eigenvalue weighted by molar-refractivity contribution is 0.683. The monoisotopic (exact) mass is 437 g/mol. The van der Waals surface area contributed by atoms with Gasteiger partial charge in [0.15, 0.2) is 0 Å². The summed E-state index contributed by atoms with van der Waals surface area (Å²) >= 11 is 0. The molecule has 0 aliphatic carbocycles. The van der Waals surface area contributed by atoms with Crippen LogP contribution in [0.15, 0.2) is 65.6 Å². The zero-order valence-corrected chi connectivity index (χ0v) is 19.2. The normalized spacial score (nSPS) is 10.8. The molecule has 166 valence electrons. The largest absolute Gasteiger partial charge is 0.268 e. The molecule has 0 spiro atoms. The Labute approximate surface area is 193 Å². The quantitative estimate of drug-likeness (QED) is 0.418. The first-order valence-electron chi connectivity index (χ1n) is 11.2. The molecule has 2 aromatic heterocycles. The van der Waals surface area contributed by atoms with Crippen molar-refractivity contribution in [3.63, 3.8) is 0 Å². The van der Waals surface area contributed by atoms with Gasteiger partial charge < -0.3 is 0 Å². The van der Waals surface area contributed by atoms with Crippen molar-refractivity contribution in [1.29, 1.82) is 5.26 Å². The minimum absolute atomic E-state index is 0.0453. The molecular formula is C27H27N5O. The number of nitriles is 1. The number of nitrogens with zero attached hydrogens (tertiary/aromatic N) is 5.